The van der Waals surface area contributed by atoms with Gasteiger partial charge in [0.1, 0.15) is 6.04 Å². The zero-order valence-corrected chi connectivity index (χ0v) is 19.9. The van der Waals surface area contributed by atoms with Crippen LogP contribution in [0.4, 0.5) is 10.5 Å². The number of carbonyl (C=O) groups is 2. The Bertz CT molecular complexity index is 926. The monoisotopic (exact) mass is 459 g/mol. The lowest BCUT2D eigenvalue weighted by molar-refractivity contribution is -0.118. The Morgan fingerprint density at radius 1 is 1.12 bits per heavy atom. The molecular formula is C24H33N3O4S. The van der Waals surface area contributed by atoms with E-state index in [-0.39, 0.29) is 18.5 Å². The average Bonchev–Trinajstić information content (AvgIpc) is 3.19. The molecule has 0 radical (unpaired) electrons. The molecule has 3 N–H and O–H groups in total. The van der Waals surface area contributed by atoms with Gasteiger partial charge >= 0.3 is 6.03 Å². The minimum absolute atomic E-state index is 0.267. The van der Waals surface area contributed by atoms with Gasteiger partial charge < -0.3 is 25.4 Å². The summed E-state index contributed by atoms with van der Waals surface area (Å²) in [6.45, 7) is 1.20. The van der Waals surface area contributed by atoms with Crippen molar-refractivity contribution in [3.05, 3.63) is 59.7 Å². The van der Waals surface area contributed by atoms with Gasteiger partial charge in [-0.3, -0.25) is 4.79 Å². The van der Waals surface area contributed by atoms with E-state index in [0.29, 0.717) is 30.8 Å². The molecule has 1 aliphatic rings. The average molecular weight is 460 g/mol. The van der Waals surface area contributed by atoms with Crippen molar-refractivity contribution in [2.24, 2.45) is 0 Å². The van der Waals surface area contributed by atoms with Crippen molar-refractivity contribution in [2.45, 2.75) is 30.1 Å². The third kappa shape index (κ3) is 6.25. The van der Waals surface area contributed by atoms with Crippen LogP contribution in [-0.2, 0) is 16.1 Å². The Labute approximate surface area is 191 Å². The number of amides is 3. The van der Waals surface area contributed by atoms with E-state index in [1.165, 1.54) is 9.80 Å². The summed E-state index contributed by atoms with van der Waals surface area (Å²) < 4.78 is 5.15. The maximum absolute atomic E-state index is 13.2. The first-order valence-corrected chi connectivity index (χ1v) is 13.4. The summed E-state index contributed by atoms with van der Waals surface area (Å²) in [7, 11) is 0.774. The van der Waals surface area contributed by atoms with E-state index in [0.717, 1.165) is 5.56 Å². The molecule has 32 heavy (non-hydrogen) atoms. The van der Waals surface area contributed by atoms with Crippen LogP contribution in [0, 0.1) is 0 Å². The van der Waals surface area contributed by atoms with Crippen LogP contribution < -0.4 is 10.6 Å². The number of nitrogens with one attached hydrogen (secondary N) is 2. The normalized spacial score (nSPS) is 17.7. The lowest BCUT2D eigenvalue weighted by Crippen LogP contribution is -2.44. The molecule has 1 heterocycles. The number of anilines is 1. The molecule has 2 aromatic rings. The molecule has 174 valence electrons. The highest BCUT2D eigenvalue weighted by molar-refractivity contribution is 8.32. The highest BCUT2D eigenvalue weighted by Crippen LogP contribution is 2.45. The van der Waals surface area contributed by atoms with Crippen LogP contribution in [0.3, 0.4) is 0 Å². The second-order valence-corrected chi connectivity index (χ2v) is 12.9. The van der Waals surface area contributed by atoms with E-state index in [1.807, 2.05) is 48.5 Å². The van der Waals surface area contributed by atoms with Crippen molar-refractivity contribution < 1.29 is 19.4 Å². The standard InChI is InChI=1S/C24H33N3O4S/c1-31-16-17-5-7-18(8-6-17)22(26-24(30)27-14-13-20(28)15-27)23(29)25-19-9-11-21(12-10-19)32(2,3)4/h5-12,20,22,28H,13-16H2,1-4H3,(H,25,29)(H,26,30). The van der Waals surface area contributed by atoms with Gasteiger partial charge in [-0.15, -0.1) is 0 Å². The zero-order chi connectivity index (χ0) is 23.3. The van der Waals surface area contributed by atoms with Crippen LogP contribution in [0.15, 0.2) is 53.4 Å². The second-order valence-electron chi connectivity index (χ2n) is 8.80. The van der Waals surface area contributed by atoms with E-state index >= 15 is 0 Å². The van der Waals surface area contributed by atoms with Crippen LogP contribution in [0.5, 0.6) is 0 Å². The maximum atomic E-state index is 13.2. The molecule has 0 bridgehead atoms. The van der Waals surface area contributed by atoms with E-state index in [9.17, 15) is 14.7 Å². The largest absolute Gasteiger partial charge is 0.391 e. The van der Waals surface area contributed by atoms with Gasteiger partial charge in [-0.2, -0.15) is 0 Å². The van der Waals surface area contributed by atoms with Crippen molar-refractivity contribution in [3.63, 3.8) is 0 Å². The number of ether oxygens (including phenoxy) is 1. The number of hydrogen-bond acceptors (Lipinski definition) is 4. The van der Waals surface area contributed by atoms with Crippen molar-refractivity contribution in [2.75, 3.05) is 44.3 Å². The summed E-state index contributed by atoms with van der Waals surface area (Å²) in [6, 6.07) is 14.0. The Morgan fingerprint density at radius 2 is 1.78 bits per heavy atom. The van der Waals surface area contributed by atoms with Crippen molar-refractivity contribution in [3.8, 4) is 0 Å². The quantitative estimate of drug-likeness (QED) is 0.592. The molecule has 2 aromatic carbocycles. The fraction of sp³-hybridized carbons (Fsp3) is 0.417. The SMILES string of the molecule is COCc1ccc(C(NC(=O)N2CCC(O)C2)C(=O)Nc2ccc(S(C)(C)C)cc2)cc1. The van der Waals surface area contributed by atoms with Crippen molar-refractivity contribution in [1.29, 1.82) is 0 Å². The number of likely N-dealkylation sites (tertiary alicyclic amines) is 1. The summed E-state index contributed by atoms with van der Waals surface area (Å²) >= 11 is 0. The topological polar surface area (TPSA) is 90.9 Å². The molecule has 3 rings (SSSR count). The van der Waals surface area contributed by atoms with Crippen molar-refractivity contribution in [1.82, 2.24) is 10.2 Å². The van der Waals surface area contributed by atoms with Gasteiger partial charge in [-0.25, -0.2) is 14.8 Å². The van der Waals surface area contributed by atoms with Gasteiger partial charge in [-0.05, 0) is 65.5 Å². The number of urea groups is 1. The fourth-order valence-electron chi connectivity index (χ4n) is 3.58. The van der Waals surface area contributed by atoms with Crippen LogP contribution in [0.25, 0.3) is 0 Å². The molecule has 2 unspecified atom stereocenters. The third-order valence-electron chi connectivity index (χ3n) is 5.43. The molecule has 2 atom stereocenters. The zero-order valence-electron chi connectivity index (χ0n) is 19.1. The van der Waals surface area contributed by atoms with Crippen LogP contribution in [0.2, 0.25) is 0 Å². The lowest BCUT2D eigenvalue weighted by atomic mass is 10.0. The Morgan fingerprint density at radius 3 is 2.31 bits per heavy atom. The molecule has 0 aliphatic carbocycles. The lowest BCUT2D eigenvalue weighted by Gasteiger charge is -2.26. The van der Waals surface area contributed by atoms with E-state index in [2.05, 4.69) is 29.4 Å². The molecule has 1 saturated heterocycles. The smallest absolute Gasteiger partial charge is 0.318 e. The number of carbonyl (C=O) groups excluding carboxylic acids is 2. The predicted molar refractivity (Wildman–Crippen MR) is 129 cm³/mol. The predicted octanol–water partition coefficient (Wildman–Crippen LogP) is 3.34. The number of aliphatic hydroxyl groups is 1. The summed E-state index contributed by atoms with van der Waals surface area (Å²) in [4.78, 5) is 28.8. The van der Waals surface area contributed by atoms with Crippen molar-refractivity contribution >= 4 is 27.7 Å². The molecular weight excluding hydrogens is 426 g/mol. The number of methoxy groups -OCH3 is 1. The highest BCUT2D eigenvalue weighted by Gasteiger charge is 2.29. The molecule has 0 aromatic heterocycles. The Balaban J connectivity index is 1.78. The molecule has 0 saturated carbocycles. The number of hydrogen-bond donors (Lipinski definition) is 3. The molecule has 3 amide bonds. The molecule has 7 nitrogen and oxygen atoms in total. The Hall–Kier alpha value is -2.55. The van der Waals surface area contributed by atoms with Gasteiger partial charge in [0.25, 0.3) is 5.91 Å². The first-order chi connectivity index (χ1) is 15.2. The minimum Gasteiger partial charge on any atom is -0.391 e. The molecule has 8 heteroatoms. The Kier molecular flexibility index (Phi) is 7.82. The molecule has 1 aliphatic heterocycles. The van der Waals surface area contributed by atoms with E-state index in [1.54, 1.807) is 7.11 Å². The summed E-state index contributed by atoms with van der Waals surface area (Å²) in [6.07, 6.45) is 6.67. The van der Waals surface area contributed by atoms with Gasteiger partial charge in [0.2, 0.25) is 0 Å². The van der Waals surface area contributed by atoms with Crippen LogP contribution >= 0.6 is 10.0 Å². The van der Waals surface area contributed by atoms with E-state index < -0.39 is 22.2 Å². The first-order valence-electron chi connectivity index (χ1n) is 10.6. The van der Waals surface area contributed by atoms with Gasteiger partial charge in [0.05, 0.1) is 12.7 Å². The van der Waals surface area contributed by atoms with E-state index in [4.69, 9.17) is 4.74 Å². The van der Waals surface area contributed by atoms with Gasteiger partial charge in [0.15, 0.2) is 0 Å². The maximum Gasteiger partial charge on any atom is 0.318 e. The second kappa shape index (κ2) is 10.4. The molecule has 1 fully saturated rings. The number of nitrogens with zero attached hydrogens (tertiary/aromatic N) is 1. The van der Waals surface area contributed by atoms with Crippen LogP contribution in [-0.4, -0.2) is 67.0 Å². The number of rotatable bonds is 7. The molecule has 0 spiro atoms. The summed E-state index contributed by atoms with van der Waals surface area (Å²) in [5.74, 6) is -0.326. The van der Waals surface area contributed by atoms with Gasteiger partial charge in [-0.1, -0.05) is 24.3 Å². The highest BCUT2D eigenvalue weighted by atomic mass is 32.3. The number of aliphatic hydroxyl groups excluding tert-OH is 1. The van der Waals surface area contributed by atoms with Gasteiger partial charge in [0, 0.05) is 25.9 Å². The van der Waals surface area contributed by atoms with Crippen LogP contribution in [0.1, 0.15) is 23.6 Å². The third-order valence-corrected chi connectivity index (χ3v) is 7.12. The minimum atomic E-state index is -0.871. The number of benzene rings is 2. The number of β-amino-alcohol motifs (C(OH)–C–C–N with tert-alkyl or cyclic N) is 1. The summed E-state index contributed by atoms with van der Waals surface area (Å²) in [5, 5.41) is 15.5. The fourth-order valence-corrected chi connectivity index (χ4v) is 4.53. The first kappa shape index (κ1) is 24.1. The summed E-state index contributed by atoms with van der Waals surface area (Å²) in [5.41, 5.74) is 2.32.